The van der Waals surface area contributed by atoms with Gasteiger partial charge in [0.15, 0.2) is 0 Å². The van der Waals surface area contributed by atoms with E-state index in [0.717, 1.165) is 24.4 Å². The lowest BCUT2D eigenvalue weighted by atomic mass is 9.86. The number of nitrogens with one attached hydrogen (secondary N) is 1. The molecule has 2 atom stereocenters. The molecule has 1 saturated heterocycles. The highest BCUT2D eigenvalue weighted by Gasteiger charge is 2.24. The van der Waals surface area contributed by atoms with Crippen molar-refractivity contribution in [1.82, 2.24) is 5.32 Å². The second-order valence-corrected chi connectivity index (χ2v) is 5.79. The van der Waals surface area contributed by atoms with Crippen molar-refractivity contribution in [2.45, 2.75) is 38.6 Å². The molecule has 0 radical (unpaired) electrons. The summed E-state index contributed by atoms with van der Waals surface area (Å²) >= 11 is 0. The van der Waals surface area contributed by atoms with Crippen LogP contribution in [0.4, 0.5) is 0 Å². The lowest BCUT2D eigenvalue weighted by molar-refractivity contribution is 0.317. The maximum atomic E-state index is 6.50. The SMILES string of the molecule is COc1ccc(C(C)C)cc1C(N)C1CCCNC1. The van der Waals surface area contributed by atoms with Crippen LogP contribution in [-0.4, -0.2) is 20.2 Å². The molecule has 3 heteroatoms. The summed E-state index contributed by atoms with van der Waals surface area (Å²) in [6.07, 6.45) is 2.41. The molecule has 1 aromatic carbocycles. The molecule has 0 aromatic heterocycles. The first-order chi connectivity index (χ1) is 9.13. The molecule has 1 aliphatic rings. The maximum Gasteiger partial charge on any atom is 0.123 e. The van der Waals surface area contributed by atoms with Crippen molar-refractivity contribution < 1.29 is 4.74 Å². The van der Waals surface area contributed by atoms with Crippen LogP contribution >= 0.6 is 0 Å². The average Bonchev–Trinajstić information content (AvgIpc) is 2.46. The van der Waals surface area contributed by atoms with Gasteiger partial charge in [-0.3, -0.25) is 0 Å². The number of benzene rings is 1. The smallest absolute Gasteiger partial charge is 0.123 e. The highest BCUT2D eigenvalue weighted by Crippen LogP contribution is 2.33. The van der Waals surface area contributed by atoms with Gasteiger partial charge in [0.2, 0.25) is 0 Å². The summed E-state index contributed by atoms with van der Waals surface area (Å²) in [5, 5.41) is 3.44. The molecule has 2 unspecified atom stereocenters. The fraction of sp³-hybridized carbons (Fsp3) is 0.625. The quantitative estimate of drug-likeness (QED) is 0.877. The van der Waals surface area contributed by atoms with Gasteiger partial charge in [-0.15, -0.1) is 0 Å². The Bertz CT molecular complexity index is 411. The van der Waals surface area contributed by atoms with Crippen molar-refractivity contribution in [3.8, 4) is 5.75 Å². The third kappa shape index (κ3) is 3.28. The van der Waals surface area contributed by atoms with E-state index in [9.17, 15) is 0 Å². The standard InChI is InChI=1S/C16H26N2O/c1-11(2)12-6-7-15(19-3)14(9-12)16(17)13-5-4-8-18-10-13/h6-7,9,11,13,16,18H,4-5,8,10,17H2,1-3H3. The maximum absolute atomic E-state index is 6.50. The van der Waals surface area contributed by atoms with Crippen molar-refractivity contribution in [2.24, 2.45) is 11.7 Å². The molecule has 106 valence electrons. The predicted octanol–water partition coefficient (Wildman–Crippen LogP) is 2.82. The summed E-state index contributed by atoms with van der Waals surface area (Å²) < 4.78 is 5.49. The van der Waals surface area contributed by atoms with E-state index < -0.39 is 0 Å². The van der Waals surface area contributed by atoms with Crippen LogP contribution in [0, 0.1) is 5.92 Å². The van der Waals surface area contributed by atoms with Gasteiger partial charge in [0.1, 0.15) is 5.75 Å². The Labute approximate surface area is 116 Å². The predicted molar refractivity (Wildman–Crippen MR) is 79.6 cm³/mol. The first-order valence-corrected chi connectivity index (χ1v) is 7.27. The molecule has 0 bridgehead atoms. The zero-order valence-corrected chi connectivity index (χ0v) is 12.3. The minimum atomic E-state index is 0.0569. The Hall–Kier alpha value is -1.06. The van der Waals surface area contributed by atoms with E-state index in [4.69, 9.17) is 10.5 Å². The average molecular weight is 262 g/mol. The van der Waals surface area contributed by atoms with Crippen LogP contribution in [0.25, 0.3) is 0 Å². The topological polar surface area (TPSA) is 47.3 Å². The van der Waals surface area contributed by atoms with Gasteiger partial charge in [0, 0.05) is 11.6 Å². The molecule has 3 nitrogen and oxygen atoms in total. The zero-order valence-electron chi connectivity index (χ0n) is 12.3. The van der Waals surface area contributed by atoms with Gasteiger partial charge in [-0.05, 0) is 49.4 Å². The van der Waals surface area contributed by atoms with Crippen LogP contribution in [-0.2, 0) is 0 Å². The molecule has 3 N–H and O–H groups in total. The van der Waals surface area contributed by atoms with Crippen LogP contribution < -0.4 is 15.8 Å². The van der Waals surface area contributed by atoms with Gasteiger partial charge in [-0.2, -0.15) is 0 Å². The number of piperidine rings is 1. The van der Waals surface area contributed by atoms with Gasteiger partial charge in [0.05, 0.1) is 7.11 Å². The minimum absolute atomic E-state index is 0.0569. The Morgan fingerprint density at radius 1 is 1.37 bits per heavy atom. The number of hydrogen-bond donors (Lipinski definition) is 2. The number of hydrogen-bond acceptors (Lipinski definition) is 3. The number of rotatable bonds is 4. The van der Waals surface area contributed by atoms with Gasteiger partial charge in [0.25, 0.3) is 0 Å². The van der Waals surface area contributed by atoms with Crippen LogP contribution in [0.3, 0.4) is 0 Å². The summed E-state index contributed by atoms with van der Waals surface area (Å²) in [7, 11) is 1.72. The van der Waals surface area contributed by atoms with Crippen LogP contribution in [0.15, 0.2) is 18.2 Å². The highest BCUT2D eigenvalue weighted by atomic mass is 16.5. The van der Waals surface area contributed by atoms with Crippen LogP contribution in [0.5, 0.6) is 5.75 Å². The molecular formula is C16H26N2O. The van der Waals surface area contributed by atoms with E-state index in [2.05, 4.69) is 37.4 Å². The zero-order chi connectivity index (χ0) is 13.8. The molecule has 1 heterocycles. The monoisotopic (exact) mass is 262 g/mol. The molecule has 1 fully saturated rings. The summed E-state index contributed by atoms with van der Waals surface area (Å²) in [4.78, 5) is 0. The fourth-order valence-electron chi connectivity index (χ4n) is 2.81. The van der Waals surface area contributed by atoms with Crippen molar-refractivity contribution >= 4 is 0 Å². The first-order valence-electron chi connectivity index (χ1n) is 7.27. The molecule has 0 aliphatic carbocycles. The first kappa shape index (κ1) is 14.4. The molecule has 1 aliphatic heterocycles. The Balaban J connectivity index is 2.27. The summed E-state index contributed by atoms with van der Waals surface area (Å²) in [6, 6.07) is 6.48. The molecule has 19 heavy (non-hydrogen) atoms. The normalized spacial score (nSPS) is 21.4. The Morgan fingerprint density at radius 3 is 2.74 bits per heavy atom. The second-order valence-electron chi connectivity index (χ2n) is 5.79. The van der Waals surface area contributed by atoms with Crippen molar-refractivity contribution in [3.63, 3.8) is 0 Å². The van der Waals surface area contributed by atoms with Gasteiger partial charge in [-0.25, -0.2) is 0 Å². The van der Waals surface area contributed by atoms with E-state index in [-0.39, 0.29) is 6.04 Å². The van der Waals surface area contributed by atoms with Crippen molar-refractivity contribution in [2.75, 3.05) is 20.2 Å². The Morgan fingerprint density at radius 2 is 2.16 bits per heavy atom. The van der Waals surface area contributed by atoms with Crippen LogP contribution in [0.2, 0.25) is 0 Å². The Kier molecular flexibility index (Phi) is 4.83. The number of nitrogens with two attached hydrogens (primary N) is 1. The van der Waals surface area contributed by atoms with E-state index in [1.54, 1.807) is 7.11 Å². The van der Waals surface area contributed by atoms with E-state index in [1.165, 1.54) is 18.4 Å². The summed E-state index contributed by atoms with van der Waals surface area (Å²) in [5.74, 6) is 1.94. The molecule has 0 amide bonds. The third-order valence-electron chi connectivity index (χ3n) is 4.12. The van der Waals surface area contributed by atoms with E-state index in [1.807, 2.05) is 0 Å². The molecule has 0 saturated carbocycles. The molecule has 0 spiro atoms. The van der Waals surface area contributed by atoms with E-state index in [0.29, 0.717) is 11.8 Å². The van der Waals surface area contributed by atoms with Crippen molar-refractivity contribution in [3.05, 3.63) is 29.3 Å². The number of methoxy groups -OCH3 is 1. The van der Waals surface area contributed by atoms with Crippen molar-refractivity contribution in [1.29, 1.82) is 0 Å². The van der Waals surface area contributed by atoms with Gasteiger partial charge < -0.3 is 15.8 Å². The molecule has 2 rings (SSSR count). The fourth-order valence-corrected chi connectivity index (χ4v) is 2.81. The lowest BCUT2D eigenvalue weighted by Crippen LogP contribution is -2.36. The minimum Gasteiger partial charge on any atom is -0.496 e. The summed E-state index contributed by atoms with van der Waals surface area (Å²) in [6.45, 7) is 6.54. The number of ether oxygens (including phenoxy) is 1. The second kappa shape index (κ2) is 6.40. The van der Waals surface area contributed by atoms with Gasteiger partial charge >= 0.3 is 0 Å². The van der Waals surface area contributed by atoms with Crippen LogP contribution in [0.1, 0.15) is 49.8 Å². The van der Waals surface area contributed by atoms with Gasteiger partial charge in [-0.1, -0.05) is 26.0 Å². The largest absolute Gasteiger partial charge is 0.496 e. The van der Waals surface area contributed by atoms with E-state index >= 15 is 0 Å². The molecular weight excluding hydrogens is 236 g/mol. The lowest BCUT2D eigenvalue weighted by Gasteiger charge is -2.29. The highest BCUT2D eigenvalue weighted by molar-refractivity contribution is 5.40. The molecule has 1 aromatic rings. The summed E-state index contributed by atoms with van der Waals surface area (Å²) in [5.41, 5.74) is 8.98. The third-order valence-corrected chi connectivity index (χ3v) is 4.12.